The van der Waals surface area contributed by atoms with Crippen molar-refractivity contribution in [2.24, 2.45) is 0 Å². The molecular formula is C17H17NO3. The average molecular weight is 283 g/mol. The van der Waals surface area contributed by atoms with Crippen LogP contribution in [-0.2, 0) is 9.53 Å². The van der Waals surface area contributed by atoms with Gasteiger partial charge in [0, 0.05) is 12.1 Å². The smallest absolute Gasteiger partial charge is 0.307 e. The fourth-order valence-electron chi connectivity index (χ4n) is 1.93. The minimum absolute atomic E-state index is 0.171. The number of hydrogen-bond acceptors (Lipinski definition) is 3. The van der Waals surface area contributed by atoms with Crippen LogP contribution in [0, 0.1) is 0 Å². The third kappa shape index (κ3) is 4.18. The molecule has 1 N–H and O–H groups in total. The van der Waals surface area contributed by atoms with Gasteiger partial charge in [-0.2, -0.15) is 0 Å². The lowest BCUT2D eigenvalue weighted by atomic mass is 10.0. The van der Waals surface area contributed by atoms with Crippen LogP contribution >= 0.6 is 0 Å². The lowest BCUT2D eigenvalue weighted by Gasteiger charge is -2.06. The quantitative estimate of drug-likeness (QED) is 0.858. The zero-order valence-electron chi connectivity index (χ0n) is 11.8. The van der Waals surface area contributed by atoms with Gasteiger partial charge in [0.15, 0.2) is 0 Å². The summed E-state index contributed by atoms with van der Waals surface area (Å²) < 4.78 is 4.51. The Morgan fingerprint density at radius 1 is 0.952 bits per heavy atom. The molecule has 21 heavy (non-hydrogen) atoms. The van der Waals surface area contributed by atoms with Crippen LogP contribution in [0.25, 0.3) is 11.1 Å². The van der Waals surface area contributed by atoms with Crippen LogP contribution in [0.5, 0.6) is 0 Å². The summed E-state index contributed by atoms with van der Waals surface area (Å²) in [6.07, 6.45) is 0.171. The largest absolute Gasteiger partial charge is 0.469 e. The van der Waals surface area contributed by atoms with Crippen molar-refractivity contribution in [3.05, 3.63) is 60.2 Å². The maximum Gasteiger partial charge on any atom is 0.307 e. The van der Waals surface area contributed by atoms with Crippen LogP contribution in [0.2, 0.25) is 0 Å². The standard InChI is InChI=1S/C17H17NO3/c1-21-16(19)11-12-18-17(20)15-9-7-14(8-10-15)13-5-3-2-4-6-13/h2-10H,11-12H2,1H3,(H,18,20). The van der Waals surface area contributed by atoms with E-state index in [1.54, 1.807) is 12.1 Å². The Hall–Kier alpha value is -2.62. The minimum atomic E-state index is -0.338. The number of carbonyl (C=O) groups is 2. The molecule has 0 saturated carbocycles. The molecule has 0 saturated heterocycles. The van der Waals surface area contributed by atoms with Gasteiger partial charge in [-0.15, -0.1) is 0 Å². The highest BCUT2D eigenvalue weighted by atomic mass is 16.5. The minimum Gasteiger partial charge on any atom is -0.469 e. The Kier molecular flexibility index (Phi) is 5.10. The van der Waals surface area contributed by atoms with Crippen LogP contribution in [0.4, 0.5) is 0 Å². The summed E-state index contributed by atoms with van der Waals surface area (Å²) in [7, 11) is 1.33. The highest BCUT2D eigenvalue weighted by Crippen LogP contribution is 2.19. The van der Waals surface area contributed by atoms with Crippen LogP contribution < -0.4 is 5.32 Å². The summed E-state index contributed by atoms with van der Waals surface area (Å²) in [6, 6.07) is 17.3. The van der Waals surface area contributed by atoms with E-state index in [0.29, 0.717) is 5.56 Å². The predicted molar refractivity (Wildman–Crippen MR) is 80.8 cm³/mol. The summed E-state index contributed by atoms with van der Waals surface area (Å²) in [5, 5.41) is 2.68. The fourth-order valence-corrected chi connectivity index (χ4v) is 1.93. The zero-order chi connectivity index (χ0) is 15.1. The van der Waals surface area contributed by atoms with Gasteiger partial charge in [0.05, 0.1) is 13.5 Å². The molecule has 0 fully saturated rings. The predicted octanol–water partition coefficient (Wildman–Crippen LogP) is 2.65. The molecule has 2 aromatic rings. The van der Waals surface area contributed by atoms with Gasteiger partial charge < -0.3 is 10.1 Å². The van der Waals surface area contributed by atoms with E-state index >= 15 is 0 Å². The third-order valence-electron chi connectivity index (χ3n) is 3.10. The first-order valence-electron chi connectivity index (χ1n) is 6.71. The summed E-state index contributed by atoms with van der Waals surface area (Å²) >= 11 is 0. The van der Waals surface area contributed by atoms with Gasteiger partial charge in [0.25, 0.3) is 5.91 Å². The normalized spacial score (nSPS) is 9.95. The molecule has 0 aliphatic carbocycles. The van der Waals surface area contributed by atoms with Crippen LogP contribution in [-0.4, -0.2) is 25.5 Å². The molecule has 0 aliphatic rings. The number of hydrogen-bond donors (Lipinski definition) is 1. The SMILES string of the molecule is COC(=O)CCNC(=O)c1ccc(-c2ccccc2)cc1. The Labute approximate surface area is 123 Å². The first-order chi connectivity index (χ1) is 10.2. The van der Waals surface area contributed by atoms with Crippen LogP contribution in [0.1, 0.15) is 16.8 Å². The van der Waals surface area contributed by atoms with Crippen molar-refractivity contribution in [2.75, 3.05) is 13.7 Å². The highest BCUT2D eigenvalue weighted by molar-refractivity contribution is 5.94. The van der Waals surface area contributed by atoms with E-state index in [1.165, 1.54) is 7.11 Å². The van der Waals surface area contributed by atoms with Gasteiger partial charge >= 0.3 is 5.97 Å². The number of ether oxygens (including phenoxy) is 1. The molecule has 0 heterocycles. The number of benzene rings is 2. The topological polar surface area (TPSA) is 55.4 Å². The van der Waals surface area contributed by atoms with Crippen LogP contribution in [0.3, 0.4) is 0 Å². The number of esters is 1. The number of carbonyl (C=O) groups excluding carboxylic acids is 2. The summed E-state index contributed by atoms with van der Waals surface area (Å²) in [6.45, 7) is 0.270. The van der Waals surface area contributed by atoms with Crippen molar-refractivity contribution >= 4 is 11.9 Å². The van der Waals surface area contributed by atoms with E-state index < -0.39 is 0 Å². The second-order valence-corrected chi connectivity index (χ2v) is 4.53. The number of amides is 1. The molecule has 0 atom stereocenters. The molecule has 0 radical (unpaired) electrons. The van der Waals surface area contributed by atoms with E-state index in [4.69, 9.17) is 0 Å². The van der Waals surface area contributed by atoms with Gasteiger partial charge in [-0.3, -0.25) is 9.59 Å². The van der Waals surface area contributed by atoms with E-state index in [2.05, 4.69) is 10.1 Å². The highest BCUT2D eigenvalue weighted by Gasteiger charge is 2.07. The summed E-state index contributed by atoms with van der Waals surface area (Å²) in [5.74, 6) is -0.534. The van der Waals surface area contributed by atoms with Crippen molar-refractivity contribution in [2.45, 2.75) is 6.42 Å². The van der Waals surface area contributed by atoms with Gasteiger partial charge in [0.2, 0.25) is 0 Å². The maximum absolute atomic E-state index is 11.9. The van der Waals surface area contributed by atoms with Gasteiger partial charge in [-0.05, 0) is 23.3 Å². The Morgan fingerprint density at radius 2 is 1.57 bits per heavy atom. The Morgan fingerprint density at radius 3 is 2.19 bits per heavy atom. The van der Waals surface area contributed by atoms with Crippen molar-refractivity contribution in [3.8, 4) is 11.1 Å². The Balaban J connectivity index is 1.96. The zero-order valence-corrected chi connectivity index (χ0v) is 11.8. The maximum atomic E-state index is 11.9. The van der Waals surface area contributed by atoms with E-state index in [1.807, 2.05) is 42.5 Å². The van der Waals surface area contributed by atoms with Crippen molar-refractivity contribution in [1.29, 1.82) is 0 Å². The monoisotopic (exact) mass is 283 g/mol. The lowest BCUT2D eigenvalue weighted by molar-refractivity contribution is -0.140. The first-order valence-corrected chi connectivity index (χ1v) is 6.71. The molecule has 4 nitrogen and oxygen atoms in total. The van der Waals surface area contributed by atoms with Crippen molar-refractivity contribution in [1.82, 2.24) is 5.32 Å². The van der Waals surface area contributed by atoms with Gasteiger partial charge in [0.1, 0.15) is 0 Å². The molecule has 108 valence electrons. The molecule has 0 spiro atoms. The first kappa shape index (κ1) is 14.8. The molecule has 0 aromatic heterocycles. The number of rotatable bonds is 5. The van der Waals surface area contributed by atoms with E-state index in [9.17, 15) is 9.59 Å². The third-order valence-corrected chi connectivity index (χ3v) is 3.10. The molecule has 0 aliphatic heterocycles. The number of methoxy groups -OCH3 is 1. The molecule has 4 heteroatoms. The van der Waals surface area contributed by atoms with E-state index in [-0.39, 0.29) is 24.8 Å². The lowest BCUT2D eigenvalue weighted by Crippen LogP contribution is -2.26. The molecule has 2 aromatic carbocycles. The van der Waals surface area contributed by atoms with Gasteiger partial charge in [-0.25, -0.2) is 0 Å². The molecule has 2 rings (SSSR count). The molecular weight excluding hydrogens is 266 g/mol. The molecule has 1 amide bonds. The second kappa shape index (κ2) is 7.24. The second-order valence-electron chi connectivity index (χ2n) is 4.53. The number of nitrogens with one attached hydrogen (secondary N) is 1. The Bertz CT molecular complexity index is 606. The van der Waals surface area contributed by atoms with E-state index in [0.717, 1.165) is 11.1 Å². The van der Waals surface area contributed by atoms with Crippen molar-refractivity contribution < 1.29 is 14.3 Å². The molecule has 0 bridgehead atoms. The van der Waals surface area contributed by atoms with Crippen LogP contribution in [0.15, 0.2) is 54.6 Å². The summed E-state index contributed by atoms with van der Waals surface area (Å²) in [4.78, 5) is 22.9. The molecule has 0 unspecified atom stereocenters. The average Bonchev–Trinajstić information content (AvgIpc) is 2.55. The van der Waals surface area contributed by atoms with Gasteiger partial charge in [-0.1, -0.05) is 42.5 Å². The summed E-state index contributed by atoms with van der Waals surface area (Å²) in [5.41, 5.74) is 2.73. The van der Waals surface area contributed by atoms with Crippen molar-refractivity contribution in [3.63, 3.8) is 0 Å². The fraction of sp³-hybridized carbons (Fsp3) is 0.176.